The number of rotatable bonds is 7. The number of methoxy groups -OCH3 is 1. The van der Waals surface area contributed by atoms with Crippen LogP contribution in [-0.2, 0) is 6.54 Å². The lowest BCUT2D eigenvalue weighted by molar-refractivity contribution is 0.414. The first kappa shape index (κ1) is 14.7. The van der Waals surface area contributed by atoms with Crippen molar-refractivity contribution in [3.8, 4) is 5.75 Å². The van der Waals surface area contributed by atoms with E-state index in [0.29, 0.717) is 6.04 Å². The minimum absolute atomic E-state index is 0.451. The van der Waals surface area contributed by atoms with Crippen molar-refractivity contribution in [2.24, 2.45) is 0 Å². The Morgan fingerprint density at radius 1 is 1.25 bits per heavy atom. The van der Waals surface area contributed by atoms with E-state index in [1.165, 1.54) is 11.1 Å². The van der Waals surface area contributed by atoms with Crippen molar-refractivity contribution < 1.29 is 4.74 Å². The Morgan fingerprint density at radius 2 is 2.10 bits per heavy atom. The highest BCUT2D eigenvalue weighted by atomic mass is 16.5. The molecule has 1 unspecified atom stereocenters. The van der Waals surface area contributed by atoms with E-state index in [0.717, 1.165) is 25.3 Å². The SMILES string of the molecule is CCNC(CC)c1ccn(Cc2cccc(OC)c2)c1. The first-order chi connectivity index (χ1) is 9.76. The Kier molecular flexibility index (Phi) is 5.24. The number of hydrogen-bond acceptors (Lipinski definition) is 2. The molecule has 1 atom stereocenters. The molecule has 3 nitrogen and oxygen atoms in total. The number of benzene rings is 1. The topological polar surface area (TPSA) is 26.2 Å². The molecule has 1 aromatic carbocycles. The second-order valence-corrected chi connectivity index (χ2v) is 4.99. The van der Waals surface area contributed by atoms with E-state index in [1.807, 2.05) is 12.1 Å². The molecule has 0 aliphatic rings. The second kappa shape index (κ2) is 7.15. The average molecular weight is 272 g/mol. The van der Waals surface area contributed by atoms with Gasteiger partial charge in [-0.1, -0.05) is 26.0 Å². The Morgan fingerprint density at radius 3 is 2.80 bits per heavy atom. The van der Waals surface area contributed by atoms with Crippen LogP contribution in [0.5, 0.6) is 5.75 Å². The van der Waals surface area contributed by atoms with E-state index < -0.39 is 0 Å². The van der Waals surface area contributed by atoms with E-state index in [1.54, 1.807) is 7.11 Å². The lowest BCUT2D eigenvalue weighted by atomic mass is 10.1. The zero-order valence-corrected chi connectivity index (χ0v) is 12.6. The third-order valence-electron chi connectivity index (χ3n) is 3.53. The summed E-state index contributed by atoms with van der Waals surface area (Å²) in [6.07, 6.45) is 5.49. The first-order valence-corrected chi connectivity index (χ1v) is 7.28. The van der Waals surface area contributed by atoms with Gasteiger partial charge < -0.3 is 14.6 Å². The fourth-order valence-corrected chi connectivity index (χ4v) is 2.49. The summed E-state index contributed by atoms with van der Waals surface area (Å²) in [6.45, 7) is 6.24. The summed E-state index contributed by atoms with van der Waals surface area (Å²) in [4.78, 5) is 0. The molecule has 20 heavy (non-hydrogen) atoms. The molecular weight excluding hydrogens is 248 g/mol. The zero-order valence-electron chi connectivity index (χ0n) is 12.6. The first-order valence-electron chi connectivity index (χ1n) is 7.28. The van der Waals surface area contributed by atoms with E-state index in [9.17, 15) is 0 Å². The van der Waals surface area contributed by atoms with E-state index in [4.69, 9.17) is 4.74 Å². The van der Waals surface area contributed by atoms with Gasteiger partial charge >= 0.3 is 0 Å². The molecule has 1 aromatic heterocycles. The Hall–Kier alpha value is -1.74. The van der Waals surface area contributed by atoms with Gasteiger partial charge in [-0.2, -0.15) is 0 Å². The average Bonchev–Trinajstić information content (AvgIpc) is 2.93. The van der Waals surface area contributed by atoms with Crippen molar-refractivity contribution in [1.82, 2.24) is 9.88 Å². The molecule has 0 saturated carbocycles. The smallest absolute Gasteiger partial charge is 0.119 e. The summed E-state index contributed by atoms with van der Waals surface area (Å²) in [5.74, 6) is 0.911. The molecule has 2 rings (SSSR count). The molecule has 1 heterocycles. The van der Waals surface area contributed by atoms with Crippen LogP contribution >= 0.6 is 0 Å². The minimum atomic E-state index is 0.451. The lowest BCUT2D eigenvalue weighted by Gasteiger charge is -2.14. The summed E-state index contributed by atoms with van der Waals surface area (Å²) in [7, 11) is 1.70. The molecule has 0 saturated heterocycles. The van der Waals surface area contributed by atoms with Crippen molar-refractivity contribution in [1.29, 1.82) is 0 Å². The van der Waals surface area contributed by atoms with Gasteiger partial charge in [-0.25, -0.2) is 0 Å². The molecule has 0 spiro atoms. The predicted molar refractivity (Wildman–Crippen MR) is 83.2 cm³/mol. The molecule has 0 aliphatic carbocycles. The largest absolute Gasteiger partial charge is 0.497 e. The summed E-state index contributed by atoms with van der Waals surface area (Å²) in [5, 5.41) is 3.51. The molecule has 2 aromatic rings. The summed E-state index contributed by atoms with van der Waals surface area (Å²) in [6, 6.07) is 10.9. The summed E-state index contributed by atoms with van der Waals surface area (Å²) < 4.78 is 7.49. The third kappa shape index (κ3) is 3.64. The monoisotopic (exact) mass is 272 g/mol. The van der Waals surface area contributed by atoms with Crippen LogP contribution in [0.1, 0.15) is 37.4 Å². The van der Waals surface area contributed by atoms with Gasteiger partial charge in [0.1, 0.15) is 5.75 Å². The fourth-order valence-electron chi connectivity index (χ4n) is 2.49. The van der Waals surface area contributed by atoms with Gasteiger partial charge in [0.2, 0.25) is 0 Å². The van der Waals surface area contributed by atoms with Crippen LogP contribution in [0.3, 0.4) is 0 Å². The third-order valence-corrected chi connectivity index (χ3v) is 3.53. The highest BCUT2D eigenvalue weighted by Gasteiger charge is 2.09. The number of aromatic nitrogens is 1. The molecule has 0 fully saturated rings. The maximum atomic E-state index is 5.27. The van der Waals surface area contributed by atoms with Crippen molar-refractivity contribution >= 4 is 0 Å². The highest BCUT2D eigenvalue weighted by Crippen LogP contribution is 2.18. The van der Waals surface area contributed by atoms with Gasteiger partial charge in [-0.3, -0.25) is 0 Å². The predicted octanol–water partition coefficient (Wildman–Crippen LogP) is 3.61. The van der Waals surface area contributed by atoms with Gasteiger partial charge in [-0.15, -0.1) is 0 Å². The summed E-state index contributed by atoms with van der Waals surface area (Å²) in [5.41, 5.74) is 2.61. The molecule has 0 radical (unpaired) electrons. The van der Waals surface area contributed by atoms with Gasteiger partial charge in [0.05, 0.1) is 7.11 Å². The van der Waals surface area contributed by atoms with Crippen molar-refractivity contribution in [3.05, 3.63) is 53.9 Å². The molecule has 0 amide bonds. The number of ether oxygens (including phenoxy) is 1. The second-order valence-electron chi connectivity index (χ2n) is 4.99. The molecule has 0 bridgehead atoms. The molecule has 108 valence electrons. The van der Waals surface area contributed by atoms with Crippen LogP contribution < -0.4 is 10.1 Å². The zero-order chi connectivity index (χ0) is 14.4. The highest BCUT2D eigenvalue weighted by molar-refractivity contribution is 5.29. The number of nitrogens with zero attached hydrogens (tertiary/aromatic N) is 1. The van der Waals surface area contributed by atoms with Gasteiger partial charge in [-0.05, 0) is 42.3 Å². The van der Waals surface area contributed by atoms with Crippen LogP contribution in [0, 0.1) is 0 Å². The van der Waals surface area contributed by atoms with E-state index in [-0.39, 0.29) is 0 Å². The molecule has 0 aliphatic heterocycles. The normalized spacial score (nSPS) is 12.3. The fraction of sp³-hybridized carbons (Fsp3) is 0.412. The van der Waals surface area contributed by atoms with E-state index in [2.05, 4.69) is 54.3 Å². The number of nitrogens with one attached hydrogen (secondary N) is 1. The standard InChI is InChI=1S/C17H24N2O/c1-4-17(18-5-2)15-9-10-19(13-15)12-14-7-6-8-16(11-14)20-3/h6-11,13,17-18H,4-5,12H2,1-3H3. The Bertz CT molecular complexity index is 533. The van der Waals surface area contributed by atoms with E-state index >= 15 is 0 Å². The Labute approximate surface area is 121 Å². The maximum Gasteiger partial charge on any atom is 0.119 e. The van der Waals surface area contributed by atoms with Gasteiger partial charge in [0.25, 0.3) is 0 Å². The molecular formula is C17H24N2O. The molecule has 1 N–H and O–H groups in total. The maximum absolute atomic E-state index is 5.27. The van der Waals surface area contributed by atoms with Gasteiger partial charge in [0, 0.05) is 25.0 Å². The van der Waals surface area contributed by atoms with Crippen LogP contribution in [-0.4, -0.2) is 18.2 Å². The van der Waals surface area contributed by atoms with Crippen LogP contribution in [0.25, 0.3) is 0 Å². The van der Waals surface area contributed by atoms with Crippen LogP contribution in [0.2, 0.25) is 0 Å². The van der Waals surface area contributed by atoms with Crippen molar-refractivity contribution in [2.75, 3.05) is 13.7 Å². The van der Waals surface area contributed by atoms with Crippen LogP contribution in [0.4, 0.5) is 0 Å². The summed E-state index contributed by atoms with van der Waals surface area (Å²) >= 11 is 0. The van der Waals surface area contributed by atoms with Crippen molar-refractivity contribution in [2.45, 2.75) is 32.9 Å². The Balaban J connectivity index is 2.08. The number of hydrogen-bond donors (Lipinski definition) is 1. The van der Waals surface area contributed by atoms with Crippen LogP contribution in [0.15, 0.2) is 42.7 Å². The van der Waals surface area contributed by atoms with Crippen molar-refractivity contribution in [3.63, 3.8) is 0 Å². The molecule has 3 heteroatoms. The van der Waals surface area contributed by atoms with Gasteiger partial charge in [0.15, 0.2) is 0 Å². The minimum Gasteiger partial charge on any atom is -0.497 e. The quantitative estimate of drug-likeness (QED) is 0.833. The lowest BCUT2D eigenvalue weighted by Crippen LogP contribution is -2.19.